The zero-order chi connectivity index (χ0) is 19.6. The highest BCUT2D eigenvalue weighted by Crippen LogP contribution is 2.30. The summed E-state index contributed by atoms with van der Waals surface area (Å²) in [7, 11) is -3.85. The van der Waals surface area contributed by atoms with Gasteiger partial charge in [0.15, 0.2) is 5.78 Å². The van der Waals surface area contributed by atoms with E-state index in [1.807, 2.05) is 0 Å². The number of ketones is 1. The van der Waals surface area contributed by atoms with Gasteiger partial charge in [-0.15, -0.1) is 0 Å². The van der Waals surface area contributed by atoms with Crippen molar-refractivity contribution in [3.63, 3.8) is 0 Å². The van der Waals surface area contributed by atoms with E-state index < -0.39 is 34.8 Å². The summed E-state index contributed by atoms with van der Waals surface area (Å²) in [5.74, 6) is -0.0301. The lowest BCUT2D eigenvalue weighted by atomic mass is 10.1. The number of fused-ring (bicyclic) bond motifs is 1. The highest BCUT2D eigenvalue weighted by molar-refractivity contribution is 7.89. The number of Topliss-reactive ketones (excluding diaryl/α,β-unsaturated/α-hetero) is 1. The minimum Gasteiger partial charge on any atom is -0.454 e. The van der Waals surface area contributed by atoms with Crippen LogP contribution in [0, 0.1) is 0 Å². The second kappa shape index (κ2) is 7.55. The van der Waals surface area contributed by atoms with E-state index in [0.29, 0.717) is 16.3 Å². The number of halogens is 1. The van der Waals surface area contributed by atoms with E-state index in [1.54, 1.807) is 0 Å². The van der Waals surface area contributed by atoms with Gasteiger partial charge in [0.2, 0.25) is 10.0 Å². The minimum absolute atomic E-state index is 0.00397. The molecule has 0 saturated heterocycles. The van der Waals surface area contributed by atoms with Crippen LogP contribution in [-0.4, -0.2) is 38.3 Å². The fourth-order valence-electron chi connectivity index (χ4n) is 2.53. The first kappa shape index (κ1) is 19.2. The molecular weight excluding hydrogens is 398 g/mol. The quantitative estimate of drug-likeness (QED) is 0.553. The first-order chi connectivity index (χ1) is 12.7. The largest absolute Gasteiger partial charge is 0.508 e. The summed E-state index contributed by atoms with van der Waals surface area (Å²) in [6.07, 6.45) is -2.26. The summed E-state index contributed by atoms with van der Waals surface area (Å²) in [4.78, 5) is 22.9. The Balaban J connectivity index is 1.66. The van der Waals surface area contributed by atoms with E-state index in [2.05, 4.69) is 9.46 Å². The van der Waals surface area contributed by atoms with Crippen molar-refractivity contribution in [2.24, 2.45) is 0 Å². The van der Waals surface area contributed by atoms with Crippen LogP contribution in [0.25, 0.3) is 0 Å². The van der Waals surface area contributed by atoms with Crippen LogP contribution in [0.15, 0.2) is 47.4 Å². The third-order valence-electron chi connectivity index (χ3n) is 3.81. The number of sulfonamides is 1. The van der Waals surface area contributed by atoms with Gasteiger partial charge in [-0.25, -0.2) is 17.9 Å². The lowest BCUT2D eigenvalue weighted by Crippen LogP contribution is -2.29. The van der Waals surface area contributed by atoms with Crippen LogP contribution in [0.3, 0.4) is 0 Å². The molecule has 0 bridgehead atoms. The molecule has 1 aliphatic heterocycles. The molecule has 10 heteroatoms. The van der Waals surface area contributed by atoms with E-state index >= 15 is 0 Å². The summed E-state index contributed by atoms with van der Waals surface area (Å²) in [5, 5.41) is 9.02. The molecule has 0 saturated carbocycles. The molecule has 8 nitrogen and oxygen atoms in total. The van der Waals surface area contributed by atoms with Gasteiger partial charge in [0.25, 0.3) is 6.29 Å². The fraction of sp³-hybridized carbons (Fsp3) is 0.176. The Kier molecular flexibility index (Phi) is 5.36. The maximum absolute atomic E-state index is 12.3. The number of benzene rings is 2. The maximum atomic E-state index is 12.3. The van der Waals surface area contributed by atoms with E-state index in [0.717, 1.165) is 0 Å². The van der Waals surface area contributed by atoms with Crippen molar-refractivity contribution in [1.29, 1.82) is 0 Å². The Bertz CT molecular complexity index is 989. The minimum atomic E-state index is -3.85. The molecule has 1 aliphatic rings. The number of carboxylic acid groups (broad SMARTS) is 1. The second-order valence-electron chi connectivity index (χ2n) is 5.66. The normalized spacial score (nSPS) is 15.7. The predicted octanol–water partition coefficient (Wildman–Crippen LogP) is 2.46. The highest BCUT2D eigenvalue weighted by Gasteiger charge is 2.27. The molecule has 1 atom stereocenters. The first-order valence-electron chi connectivity index (χ1n) is 7.72. The molecular formula is C17H14ClNO7S. The standard InChI is InChI=1S/C17H14ClNO7S/c18-12-2-4-13(5-3-12)27(23,24)19-9-14(20)10-1-6-15-11(7-10)8-16(25-15)26-17(21)22/h1-7,16,19H,8-9H2,(H,21,22). The maximum Gasteiger partial charge on any atom is 0.508 e. The van der Waals surface area contributed by atoms with Gasteiger partial charge < -0.3 is 14.6 Å². The lowest BCUT2D eigenvalue weighted by molar-refractivity contribution is -0.0394. The van der Waals surface area contributed by atoms with Crippen LogP contribution in [0.2, 0.25) is 5.02 Å². The first-order valence-corrected chi connectivity index (χ1v) is 9.58. The summed E-state index contributed by atoms with van der Waals surface area (Å²) < 4.78 is 36.5. The number of hydrogen-bond acceptors (Lipinski definition) is 6. The van der Waals surface area contributed by atoms with Crippen molar-refractivity contribution in [3.8, 4) is 5.75 Å². The Morgan fingerprint density at radius 1 is 1.22 bits per heavy atom. The molecule has 2 aromatic rings. The van der Waals surface area contributed by atoms with Gasteiger partial charge in [0, 0.05) is 16.1 Å². The molecule has 142 valence electrons. The van der Waals surface area contributed by atoms with Gasteiger partial charge in [0.1, 0.15) is 5.75 Å². The van der Waals surface area contributed by atoms with Crippen LogP contribution in [0.4, 0.5) is 4.79 Å². The molecule has 0 aliphatic carbocycles. The third-order valence-corrected chi connectivity index (χ3v) is 5.48. The molecule has 1 unspecified atom stereocenters. The topological polar surface area (TPSA) is 119 Å². The molecule has 0 spiro atoms. The average molecular weight is 412 g/mol. The molecule has 0 amide bonds. The van der Waals surface area contributed by atoms with E-state index in [4.69, 9.17) is 21.4 Å². The lowest BCUT2D eigenvalue weighted by Gasteiger charge is -2.08. The van der Waals surface area contributed by atoms with E-state index in [-0.39, 0.29) is 16.9 Å². The third kappa shape index (κ3) is 4.57. The molecule has 27 heavy (non-hydrogen) atoms. The molecule has 3 rings (SSSR count). The predicted molar refractivity (Wildman–Crippen MR) is 94.6 cm³/mol. The summed E-state index contributed by atoms with van der Waals surface area (Å²) in [5.41, 5.74) is 0.875. The molecule has 0 radical (unpaired) electrons. The van der Waals surface area contributed by atoms with Gasteiger partial charge in [0.05, 0.1) is 17.9 Å². The van der Waals surface area contributed by atoms with Gasteiger partial charge in [-0.2, -0.15) is 0 Å². The van der Waals surface area contributed by atoms with Crippen LogP contribution in [0.1, 0.15) is 15.9 Å². The summed E-state index contributed by atoms with van der Waals surface area (Å²) in [6.45, 7) is -0.431. The summed E-state index contributed by atoms with van der Waals surface area (Å²) >= 11 is 5.73. The smallest absolute Gasteiger partial charge is 0.454 e. The molecule has 1 heterocycles. The number of nitrogens with one attached hydrogen (secondary N) is 1. The van der Waals surface area contributed by atoms with Crippen molar-refractivity contribution in [2.75, 3.05) is 6.54 Å². The van der Waals surface area contributed by atoms with Crippen molar-refractivity contribution in [3.05, 3.63) is 58.6 Å². The van der Waals surface area contributed by atoms with Crippen molar-refractivity contribution >= 4 is 33.6 Å². The zero-order valence-corrected chi connectivity index (χ0v) is 15.3. The molecule has 0 fully saturated rings. The van der Waals surface area contributed by atoms with Gasteiger partial charge in [-0.1, -0.05) is 11.6 Å². The van der Waals surface area contributed by atoms with Crippen LogP contribution >= 0.6 is 11.6 Å². The van der Waals surface area contributed by atoms with Crippen LogP contribution < -0.4 is 9.46 Å². The number of carbonyl (C=O) groups is 2. The van der Waals surface area contributed by atoms with Gasteiger partial charge in [-0.05, 0) is 42.5 Å². The van der Waals surface area contributed by atoms with Crippen LogP contribution in [0.5, 0.6) is 5.75 Å². The number of carbonyl (C=O) groups excluding carboxylic acids is 1. The SMILES string of the molecule is O=C(O)OC1Cc2cc(C(=O)CNS(=O)(=O)c3ccc(Cl)cc3)ccc2O1. The highest BCUT2D eigenvalue weighted by atomic mass is 35.5. The average Bonchev–Trinajstić information content (AvgIpc) is 3.00. The Morgan fingerprint density at radius 3 is 2.59 bits per heavy atom. The monoisotopic (exact) mass is 411 g/mol. The second-order valence-corrected chi connectivity index (χ2v) is 7.86. The number of ether oxygens (including phenoxy) is 2. The summed E-state index contributed by atoms with van der Waals surface area (Å²) in [6, 6.07) is 10.1. The molecule has 0 aromatic heterocycles. The Hall–Kier alpha value is -2.62. The van der Waals surface area contributed by atoms with Crippen molar-refractivity contribution in [1.82, 2.24) is 4.72 Å². The Morgan fingerprint density at radius 2 is 1.93 bits per heavy atom. The molecule has 2 aromatic carbocycles. The van der Waals surface area contributed by atoms with E-state index in [9.17, 15) is 18.0 Å². The van der Waals surface area contributed by atoms with E-state index in [1.165, 1.54) is 42.5 Å². The van der Waals surface area contributed by atoms with Crippen LogP contribution in [-0.2, 0) is 21.2 Å². The fourth-order valence-corrected chi connectivity index (χ4v) is 3.64. The molecule has 2 N–H and O–H groups in total. The van der Waals surface area contributed by atoms with Gasteiger partial charge in [-0.3, -0.25) is 4.79 Å². The zero-order valence-electron chi connectivity index (χ0n) is 13.7. The number of hydrogen-bond donors (Lipinski definition) is 2. The Labute approximate surface area is 159 Å². The van der Waals surface area contributed by atoms with Gasteiger partial charge >= 0.3 is 6.16 Å². The van der Waals surface area contributed by atoms with Crippen molar-refractivity contribution < 1.29 is 32.6 Å². The number of rotatable bonds is 6. The van der Waals surface area contributed by atoms with Crippen molar-refractivity contribution in [2.45, 2.75) is 17.6 Å².